The summed E-state index contributed by atoms with van der Waals surface area (Å²) in [5, 5.41) is 3.17. The third-order valence-electron chi connectivity index (χ3n) is 8.46. The molecule has 39 heavy (non-hydrogen) atoms. The molecule has 0 aromatic heterocycles. The molecule has 0 aliphatic carbocycles. The first kappa shape index (κ1) is 28.5. The highest BCUT2D eigenvalue weighted by Crippen LogP contribution is 2.45. The van der Waals surface area contributed by atoms with E-state index in [9.17, 15) is 4.79 Å². The Balaban J connectivity index is 1.75. The molecule has 4 rings (SSSR count). The SMILES string of the molecule is CCN1CCN(Cc2cc(C(c3ccc(NC)c(N)c3C)C(C)(C)C(=O)OC)ccc2C)Cc2ccccc21. The lowest BCUT2D eigenvalue weighted by atomic mass is 9.69. The van der Waals surface area contributed by atoms with Gasteiger partial charge in [0.2, 0.25) is 0 Å². The Labute approximate surface area is 234 Å². The van der Waals surface area contributed by atoms with Crippen LogP contribution in [0, 0.1) is 19.3 Å². The van der Waals surface area contributed by atoms with Crippen molar-refractivity contribution in [1.82, 2.24) is 4.90 Å². The highest BCUT2D eigenvalue weighted by atomic mass is 16.5. The first-order chi connectivity index (χ1) is 18.6. The van der Waals surface area contributed by atoms with Crippen molar-refractivity contribution in [2.24, 2.45) is 5.41 Å². The molecule has 6 heteroatoms. The second-order valence-corrected chi connectivity index (χ2v) is 11.2. The van der Waals surface area contributed by atoms with Crippen LogP contribution in [-0.2, 0) is 22.6 Å². The second kappa shape index (κ2) is 11.7. The van der Waals surface area contributed by atoms with E-state index in [0.717, 1.165) is 55.1 Å². The summed E-state index contributed by atoms with van der Waals surface area (Å²) >= 11 is 0. The van der Waals surface area contributed by atoms with Gasteiger partial charge in [0, 0.05) is 51.4 Å². The predicted molar refractivity (Wildman–Crippen MR) is 162 cm³/mol. The normalized spacial score (nSPS) is 14.9. The number of para-hydroxylation sites is 1. The number of methoxy groups -OCH3 is 1. The molecule has 1 atom stereocenters. The number of hydrogen-bond acceptors (Lipinski definition) is 6. The Bertz CT molecular complexity index is 1330. The Morgan fingerprint density at radius 2 is 1.85 bits per heavy atom. The molecule has 3 N–H and O–H groups in total. The van der Waals surface area contributed by atoms with E-state index in [2.05, 4.69) is 77.5 Å². The van der Waals surface area contributed by atoms with Gasteiger partial charge in [0.25, 0.3) is 0 Å². The zero-order chi connectivity index (χ0) is 28.3. The molecular formula is C33H44N4O2. The molecule has 1 unspecified atom stereocenters. The standard InChI is InChI=1S/C33H44N4O2/c1-8-37-18-17-36(20-25-11-9-10-12-29(25)37)21-26-19-24(14-13-22(26)2)30(33(4,5)32(38)39-7)27-15-16-28(35-6)31(34)23(27)3/h9-16,19,30,35H,8,17-18,20-21,34H2,1-7H3. The van der Waals surface area contributed by atoms with Gasteiger partial charge in [-0.3, -0.25) is 9.69 Å². The van der Waals surface area contributed by atoms with Gasteiger partial charge in [-0.1, -0.05) is 42.5 Å². The summed E-state index contributed by atoms with van der Waals surface area (Å²) in [6, 6.07) is 19.5. The van der Waals surface area contributed by atoms with Crippen LogP contribution in [0.25, 0.3) is 0 Å². The van der Waals surface area contributed by atoms with Crippen LogP contribution in [0.2, 0.25) is 0 Å². The van der Waals surface area contributed by atoms with Gasteiger partial charge in [-0.2, -0.15) is 0 Å². The van der Waals surface area contributed by atoms with Crippen molar-refractivity contribution in [2.75, 3.05) is 49.7 Å². The van der Waals surface area contributed by atoms with E-state index < -0.39 is 5.41 Å². The number of nitrogen functional groups attached to an aromatic ring is 1. The van der Waals surface area contributed by atoms with Crippen LogP contribution in [0.5, 0.6) is 0 Å². The van der Waals surface area contributed by atoms with E-state index in [-0.39, 0.29) is 11.9 Å². The molecule has 0 fully saturated rings. The third kappa shape index (κ3) is 5.62. The average Bonchev–Trinajstić information content (AvgIpc) is 3.11. The average molecular weight is 529 g/mol. The van der Waals surface area contributed by atoms with Crippen LogP contribution in [0.1, 0.15) is 60.1 Å². The van der Waals surface area contributed by atoms with Crippen LogP contribution in [0.3, 0.4) is 0 Å². The number of carbonyl (C=O) groups is 1. The molecule has 0 bridgehead atoms. The van der Waals surface area contributed by atoms with Crippen molar-refractivity contribution in [2.45, 2.75) is 53.6 Å². The number of aryl methyl sites for hydroxylation is 1. The summed E-state index contributed by atoms with van der Waals surface area (Å²) < 4.78 is 5.30. The Morgan fingerprint density at radius 1 is 1.10 bits per heavy atom. The summed E-state index contributed by atoms with van der Waals surface area (Å²) in [5.41, 5.74) is 15.7. The number of nitrogens with zero attached hydrogens (tertiary/aromatic N) is 2. The van der Waals surface area contributed by atoms with Crippen LogP contribution < -0.4 is 16.0 Å². The van der Waals surface area contributed by atoms with Crippen molar-refractivity contribution in [3.8, 4) is 0 Å². The third-order valence-corrected chi connectivity index (χ3v) is 8.46. The van der Waals surface area contributed by atoms with Crippen LogP contribution in [-0.4, -0.2) is 44.7 Å². The smallest absolute Gasteiger partial charge is 0.312 e. The number of carbonyl (C=O) groups excluding carboxylic acids is 1. The number of likely N-dealkylation sites (N-methyl/N-ethyl adjacent to an activating group) is 1. The number of fused-ring (bicyclic) bond motifs is 1. The van der Waals surface area contributed by atoms with Crippen molar-refractivity contribution in [3.05, 3.63) is 88.0 Å². The quantitative estimate of drug-likeness (QED) is 0.272. The summed E-state index contributed by atoms with van der Waals surface area (Å²) in [6.07, 6.45) is 0. The fourth-order valence-corrected chi connectivity index (χ4v) is 6.04. The van der Waals surface area contributed by atoms with Gasteiger partial charge in [-0.05, 0) is 80.1 Å². The van der Waals surface area contributed by atoms with E-state index in [1.54, 1.807) is 0 Å². The molecule has 0 spiro atoms. The van der Waals surface area contributed by atoms with E-state index in [1.165, 1.54) is 29.5 Å². The molecule has 1 aliphatic heterocycles. The van der Waals surface area contributed by atoms with Crippen molar-refractivity contribution in [3.63, 3.8) is 0 Å². The lowest BCUT2D eigenvalue weighted by Gasteiger charge is -2.35. The number of benzene rings is 3. The fourth-order valence-electron chi connectivity index (χ4n) is 6.04. The fraction of sp³-hybridized carbons (Fsp3) is 0.424. The summed E-state index contributed by atoms with van der Waals surface area (Å²) in [4.78, 5) is 18.1. The Hall–Kier alpha value is -3.51. The van der Waals surface area contributed by atoms with Crippen molar-refractivity contribution < 1.29 is 9.53 Å². The molecule has 1 aliphatic rings. The van der Waals surface area contributed by atoms with Gasteiger partial charge < -0.3 is 20.7 Å². The second-order valence-electron chi connectivity index (χ2n) is 11.2. The number of esters is 1. The van der Waals surface area contributed by atoms with Crippen LogP contribution in [0.4, 0.5) is 17.1 Å². The van der Waals surface area contributed by atoms with Gasteiger partial charge in [0.05, 0.1) is 23.9 Å². The van der Waals surface area contributed by atoms with E-state index in [1.807, 2.05) is 33.9 Å². The van der Waals surface area contributed by atoms with E-state index >= 15 is 0 Å². The number of anilines is 3. The number of nitrogens with two attached hydrogens (primary N) is 1. The van der Waals surface area contributed by atoms with Crippen molar-refractivity contribution >= 4 is 23.0 Å². The molecule has 0 saturated carbocycles. The number of hydrogen-bond donors (Lipinski definition) is 2. The molecule has 0 saturated heterocycles. The number of rotatable bonds is 8. The maximum atomic E-state index is 13.1. The van der Waals surface area contributed by atoms with Crippen LogP contribution >= 0.6 is 0 Å². The molecule has 1 heterocycles. The highest BCUT2D eigenvalue weighted by Gasteiger charge is 2.41. The molecule has 3 aromatic rings. The summed E-state index contributed by atoms with van der Waals surface area (Å²) in [6.45, 7) is 15.1. The van der Waals surface area contributed by atoms with Crippen LogP contribution in [0.15, 0.2) is 54.6 Å². The Morgan fingerprint density at radius 3 is 2.54 bits per heavy atom. The maximum absolute atomic E-state index is 13.1. The molecular weight excluding hydrogens is 484 g/mol. The van der Waals surface area contributed by atoms with Gasteiger partial charge >= 0.3 is 5.97 Å². The lowest BCUT2D eigenvalue weighted by molar-refractivity contribution is -0.151. The van der Waals surface area contributed by atoms with E-state index in [0.29, 0.717) is 5.69 Å². The predicted octanol–water partition coefficient (Wildman–Crippen LogP) is 6.10. The number of nitrogens with one attached hydrogen (secondary N) is 1. The molecule has 3 aromatic carbocycles. The zero-order valence-electron chi connectivity index (χ0n) is 24.6. The molecule has 208 valence electrons. The van der Waals surface area contributed by atoms with Gasteiger partial charge in [0.15, 0.2) is 0 Å². The number of ether oxygens (including phenoxy) is 1. The maximum Gasteiger partial charge on any atom is 0.312 e. The molecule has 0 radical (unpaired) electrons. The minimum Gasteiger partial charge on any atom is -0.469 e. The lowest BCUT2D eigenvalue weighted by Crippen LogP contribution is -2.34. The minimum absolute atomic E-state index is 0.224. The molecule has 6 nitrogen and oxygen atoms in total. The van der Waals surface area contributed by atoms with E-state index in [4.69, 9.17) is 10.5 Å². The molecule has 0 amide bonds. The van der Waals surface area contributed by atoms with Gasteiger partial charge in [-0.15, -0.1) is 0 Å². The monoisotopic (exact) mass is 528 g/mol. The van der Waals surface area contributed by atoms with Crippen molar-refractivity contribution in [1.29, 1.82) is 0 Å². The largest absolute Gasteiger partial charge is 0.469 e. The minimum atomic E-state index is -0.803. The van der Waals surface area contributed by atoms with Gasteiger partial charge in [-0.25, -0.2) is 0 Å². The summed E-state index contributed by atoms with van der Waals surface area (Å²) in [5.74, 6) is -0.466. The van der Waals surface area contributed by atoms with Gasteiger partial charge in [0.1, 0.15) is 0 Å². The topological polar surface area (TPSA) is 70.8 Å². The summed E-state index contributed by atoms with van der Waals surface area (Å²) in [7, 11) is 3.33. The first-order valence-electron chi connectivity index (χ1n) is 13.9. The zero-order valence-corrected chi connectivity index (χ0v) is 24.6. The Kier molecular flexibility index (Phi) is 8.55. The first-order valence-corrected chi connectivity index (χ1v) is 13.9. The highest BCUT2D eigenvalue weighted by molar-refractivity contribution is 5.79.